The highest BCUT2D eigenvalue weighted by Gasteiger charge is 2.56. The van der Waals surface area contributed by atoms with Crippen molar-refractivity contribution in [1.29, 1.82) is 0 Å². The molecule has 0 spiro atoms. The zero-order valence-electron chi connectivity index (χ0n) is 20.7. The first-order valence-corrected chi connectivity index (χ1v) is 11.7. The minimum absolute atomic E-state index is 0.178. The molecule has 194 valence electrons. The van der Waals surface area contributed by atoms with Gasteiger partial charge in [-0.15, -0.1) is 0 Å². The lowest BCUT2D eigenvalue weighted by atomic mass is 10.1. The van der Waals surface area contributed by atoms with E-state index in [-0.39, 0.29) is 12.7 Å². The molecule has 4 unspecified atom stereocenters. The van der Waals surface area contributed by atoms with Gasteiger partial charge in [0.2, 0.25) is 0 Å². The molecule has 2 aromatic heterocycles. The fourth-order valence-electron chi connectivity index (χ4n) is 4.11. The molecule has 2 fully saturated rings. The number of hydrogen-bond acceptors (Lipinski definition) is 11. The zero-order chi connectivity index (χ0) is 25.2. The number of rotatable bonds is 9. The molecule has 0 bridgehead atoms. The fraction of sp³-hybridized carbons (Fsp3) is 0.727. The summed E-state index contributed by atoms with van der Waals surface area (Å²) < 4.78 is 24.9. The largest absolute Gasteiger partial charge is 0.442 e. The number of imidazole rings is 1. The van der Waals surface area contributed by atoms with E-state index >= 15 is 0 Å². The van der Waals surface area contributed by atoms with Crippen LogP contribution in [-0.2, 0) is 23.8 Å². The summed E-state index contributed by atoms with van der Waals surface area (Å²) >= 11 is 0. The van der Waals surface area contributed by atoms with Crippen LogP contribution in [0.15, 0.2) is 12.7 Å². The first-order chi connectivity index (χ1) is 16.6. The number of nitrogens with one attached hydrogen (secondary N) is 2. The lowest BCUT2D eigenvalue weighted by Crippen LogP contribution is -2.32. The summed E-state index contributed by atoms with van der Waals surface area (Å²) in [6, 6.07) is 0. The molecule has 2 aliphatic heterocycles. The van der Waals surface area contributed by atoms with Crippen molar-refractivity contribution >= 4 is 23.1 Å². The molecule has 13 nitrogen and oxygen atoms in total. The Morgan fingerprint density at radius 2 is 1.97 bits per heavy atom. The standard InChI is InChI=1S/C22H34N6O7/c1-21(2,3)35-20(30)27-31-9-7-6-8-23-17-14-18(25-11-24-17)28(12-26-14)19-16-15(13(10-29)32-19)33-22(4,5)34-16/h11-13,15-16,19,29H,6-10H2,1-5H3,(H,27,30)(H,23,24,25). The van der Waals surface area contributed by atoms with Crippen molar-refractivity contribution in [1.82, 2.24) is 25.0 Å². The number of anilines is 1. The third kappa shape index (κ3) is 5.98. The SMILES string of the molecule is CC(C)(C)OC(=O)NOCCCCNc1ncnc2c1ncn2C1OC(CO)C2OC(C)(C)OC21. The van der Waals surface area contributed by atoms with E-state index in [4.69, 9.17) is 23.8 Å². The van der Waals surface area contributed by atoms with Gasteiger partial charge in [0.15, 0.2) is 29.0 Å². The van der Waals surface area contributed by atoms with Gasteiger partial charge >= 0.3 is 6.09 Å². The number of unbranched alkanes of at least 4 members (excludes halogenated alkanes) is 1. The molecular weight excluding hydrogens is 460 g/mol. The lowest BCUT2D eigenvalue weighted by Gasteiger charge is -2.24. The summed E-state index contributed by atoms with van der Waals surface area (Å²) in [7, 11) is 0. The monoisotopic (exact) mass is 494 g/mol. The molecular formula is C22H34N6O7. The first kappa shape index (κ1) is 25.5. The molecule has 4 atom stereocenters. The van der Waals surface area contributed by atoms with Crippen LogP contribution < -0.4 is 10.8 Å². The Labute approximate surface area is 203 Å². The first-order valence-electron chi connectivity index (χ1n) is 11.7. The Balaban J connectivity index is 1.31. The molecule has 0 aromatic carbocycles. The summed E-state index contributed by atoms with van der Waals surface area (Å²) in [4.78, 5) is 29.9. The summed E-state index contributed by atoms with van der Waals surface area (Å²) in [6.45, 7) is 9.82. The Morgan fingerprint density at radius 1 is 1.20 bits per heavy atom. The molecule has 0 radical (unpaired) electrons. The molecule has 2 aromatic rings. The van der Waals surface area contributed by atoms with Gasteiger partial charge in [-0.3, -0.25) is 9.40 Å². The molecule has 3 N–H and O–H groups in total. The van der Waals surface area contributed by atoms with E-state index in [1.165, 1.54) is 6.33 Å². The Morgan fingerprint density at radius 3 is 2.71 bits per heavy atom. The molecule has 1 amide bonds. The molecule has 4 rings (SSSR count). The van der Waals surface area contributed by atoms with Crippen LogP contribution in [0.2, 0.25) is 0 Å². The average molecular weight is 495 g/mol. The smallest absolute Gasteiger partial charge is 0.431 e. The van der Waals surface area contributed by atoms with E-state index in [1.807, 2.05) is 13.8 Å². The third-order valence-electron chi connectivity index (χ3n) is 5.46. The minimum atomic E-state index is -0.769. The normalized spacial score (nSPS) is 25.5. The van der Waals surface area contributed by atoms with Crippen LogP contribution in [0.25, 0.3) is 11.2 Å². The number of ether oxygens (including phenoxy) is 4. The molecule has 2 aliphatic rings. The highest BCUT2D eigenvalue weighted by molar-refractivity contribution is 5.82. The minimum Gasteiger partial charge on any atom is -0.442 e. The summed E-state index contributed by atoms with van der Waals surface area (Å²) in [5, 5.41) is 13.0. The van der Waals surface area contributed by atoms with Gasteiger partial charge in [-0.1, -0.05) is 0 Å². The van der Waals surface area contributed by atoms with Crippen LogP contribution in [-0.4, -0.2) is 80.2 Å². The predicted molar refractivity (Wildman–Crippen MR) is 123 cm³/mol. The topological polar surface area (TPSA) is 151 Å². The van der Waals surface area contributed by atoms with E-state index in [0.29, 0.717) is 36.6 Å². The fourth-order valence-corrected chi connectivity index (χ4v) is 4.11. The second-order valence-electron chi connectivity index (χ2n) is 9.95. The third-order valence-corrected chi connectivity index (χ3v) is 5.46. The number of aromatic nitrogens is 4. The van der Waals surface area contributed by atoms with Crippen LogP contribution in [0.1, 0.15) is 53.7 Å². The van der Waals surface area contributed by atoms with Crippen molar-refractivity contribution in [3.8, 4) is 0 Å². The van der Waals surface area contributed by atoms with Crippen molar-refractivity contribution in [2.24, 2.45) is 0 Å². The maximum absolute atomic E-state index is 11.6. The van der Waals surface area contributed by atoms with Gasteiger partial charge in [0, 0.05) is 6.54 Å². The van der Waals surface area contributed by atoms with Gasteiger partial charge in [0.25, 0.3) is 0 Å². The number of hydrogen-bond donors (Lipinski definition) is 3. The van der Waals surface area contributed by atoms with E-state index in [1.54, 1.807) is 31.7 Å². The Kier molecular flexibility index (Phi) is 7.43. The number of aliphatic hydroxyl groups is 1. The average Bonchev–Trinajstić information content (AvgIpc) is 3.42. The highest BCUT2D eigenvalue weighted by atomic mass is 16.8. The van der Waals surface area contributed by atoms with Gasteiger partial charge < -0.3 is 29.4 Å². The van der Waals surface area contributed by atoms with E-state index < -0.39 is 35.9 Å². The van der Waals surface area contributed by atoms with Gasteiger partial charge in [-0.2, -0.15) is 5.48 Å². The van der Waals surface area contributed by atoms with Crippen molar-refractivity contribution in [3.63, 3.8) is 0 Å². The number of carbonyl (C=O) groups excluding carboxylic acids is 1. The molecule has 35 heavy (non-hydrogen) atoms. The van der Waals surface area contributed by atoms with E-state index in [0.717, 1.165) is 6.42 Å². The van der Waals surface area contributed by atoms with Crippen LogP contribution in [0, 0.1) is 0 Å². The number of fused-ring (bicyclic) bond motifs is 2. The van der Waals surface area contributed by atoms with Crippen molar-refractivity contribution in [2.75, 3.05) is 25.1 Å². The number of nitrogens with zero attached hydrogens (tertiary/aromatic N) is 4. The maximum atomic E-state index is 11.6. The maximum Gasteiger partial charge on any atom is 0.431 e. The number of carbonyl (C=O) groups is 1. The Bertz CT molecular complexity index is 1020. The van der Waals surface area contributed by atoms with Crippen molar-refractivity contribution in [2.45, 2.75) is 83.4 Å². The Hall–Kier alpha value is -2.58. The predicted octanol–water partition coefficient (Wildman–Crippen LogP) is 1.88. The van der Waals surface area contributed by atoms with Gasteiger partial charge in [0.05, 0.1) is 19.5 Å². The molecule has 0 saturated carbocycles. The van der Waals surface area contributed by atoms with Gasteiger partial charge in [0.1, 0.15) is 30.2 Å². The second kappa shape index (κ2) is 10.2. The van der Waals surface area contributed by atoms with E-state index in [2.05, 4.69) is 25.7 Å². The summed E-state index contributed by atoms with van der Waals surface area (Å²) in [6.07, 6.45) is 2.13. The molecule has 13 heteroatoms. The molecule has 2 saturated heterocycles. The quantitative estimate of drug-likeness (QED) is 0.346. The number of aliphatic hydroxyl groups excluding tert-OH is 1. The summed E-state index contributed by atoms with van der Waals surface area (Å²) in [5.74, 6) is -0.173. The van der Waals surface area contributed by atoms with Gasteiger partial charge in [-0.05, 0) is 47.5 Å². The molecule has 0 aliphatic carbocycles. The van der Waals surface area contributed by atoms with E-state index in [9.17, 15) is 9.90 Å². The molecule has 4 heterocycles. The zero-order valence-corrected chi connectivity index (χ0v) is 20.7. The van der Waals surface area contributed by atoms with Crippen LogP contribution in [0.3, 0.4) is 0 Å². The number of amides is 1. The van der Waals surface area contributed by atoms with Crippen LogP contribution in [0.5, 0.6) is 0 Å². The highest BCUT2D eigenvalue weighted by Crippen LogP contribution is 2.43. The van der Waals surface area contributed by atoms with Gasteiger partial charge in [-0.25, -0.2) is 19.7 Å². The second-order valence-corrected chi connectivity index (χ2v) is 9.95. The van der Waals surface area contributed by atoms with Crippen LogP contribution >= 0.6 is 0 Å². The van der Waals surface area contributed by atoms with Crippen LogP contribution in [0.4, 0.5) is 10.6 Å². The van der Waals surface area contributed by atoms with Crippen molar-refractivity contribution < 1.29 is 33.7 Å². The van der Waals surface area contributed by atoms with Crippen molar-refractivity contribution in [3.05, 3.63) is 12.7 Å². The summed E-state index contributed by atoms with van der Waals surface area (Å²) in [5.41, 5.74) is 2.88. The lowest BCUT2D eigenvalue weighted by molar-refractivity contribution is -0.199. The number of hydroxylamine groups is 1.